The summed E-state index contributed by atoms with van der Waals surface area (Å²) in [5, 5.41) is 26.2. The summed E-state index contributed by atoms with van der Waals surface area (Å²) in [5.74, 6) is 0.576. The number of halogens is 1. The fraction of sp³-hybridized carbons (Fsp3) is 0.463. The summed E-state index contributed by atoms with van der Waals surface area (Å²) < 4.78 is 123. The van der Waals surface area contributed by atoms with Gasteiger partial charge in [0, 0.05) is 77.1 Å². The Balaban J connectivity index is 0.939. The molecule has 424 valence electrons. The van der Waals surface area contributed by atoms with Crippen LogP contribution in [0.5, 0.6) is 0 Å². The van der Waals surface area contributed by atoms with Gasteiger partial charge in [-0.2, -0.15) is 21.8 Å². The van der Waals surface area contributed by atoms with Crippen molar-refractivity contribution in [3.8, 4) is 23.2 Å². The molecule has 29 nitrogen and oxygen atoms in total. The minimum absolute atomic E-state index is 0.00932. The first-order chi connectivity index (χ1) is 37.1. The number of benzene rings is 1. The van der Waals surface area contributed by atoms with Crippen LogP contribution in [-0.4, -0.2) is 120 Å². The van der Waals surface area contributed by atoms with Gasteiger partial charge in [-0.3, -0.25) is 37.3 Å². The number of carboxylic acid groups (broad SMARTS) is 1. The number of carbonyl (C=O) groups is 3. The summed E-state index contributed by atoms with van der Waals surface area (Å²) in [5.41, 5.74) is 19.4. The van der Waals surface area contributed by atoms with Gasteiger partial charge in [0.25, 0.3) is 26.7 Å². The van der Waals surface area contributed by atoms with Gasteiger partial charge in [0.1, 0.15) is 24.1 Å². The first kappa shape index (κ1) is 62.3. The fourth-order valence-electron chi connectivity index (χ4n) is 8.47. The van der Waals surface area contributed by atoms with Gasteiger partial charge < -0.3 is 55.3 Å². The van der Waals surface area contributed by atoms with Crippen LogP contribution in [0.4, 0.5) is 10.2 Å². The van der Waals surface area contributed by atoms with Crippen LogP contribution in [0.15, 0.2) is 54.9 Å². The number of nitrogens with zero attached hydrogens (tertiary/aromatic N) is 5. The predicted molar refractivity (Wildman–Crippen MR) is 282 cm³/mol. The van der Waals surface area contributed by atoms with E-state index in [1.54, 1.807) is 0 Å². The molecule has 1 aromatic heterocycles. The van der Waals surface area contributed by atoms with E-state index >= 15 is 0 Å². The van der Waals surface area contributed by atoms with E-state index in [9.17, 15) is 54.6 Å². The normalized spacial score (nSPS) is 20.2. The van der Waals surface area contributed by atoms with Gasteiger partial charge in [0.2, 0.25) is 11.8 Å². The Bertz CT molecular complexity index is 3230. The number of hydrogen-bond donors (Lipinski definition) is 9. The van der Waals surface area contributed by atoms with Crippen LogP contribution in [0.2, 0.25) is 0 Å². The number of amides is 2. The standard InChI is InChI=1S/C41H50FN10O19P3S4/c42-40(50-51-46)68-28-16-31(67-29(28)18-66-73-71-74-70-72-58)52-17-21(37(45)49-41(52)57)3-1-11-47-30(53)4-2-13-65-19-76-75-14-12-48-38(54)20-5-6-22(39(55)56)25(15-20)32-23-7-9-26(43)35(77(59,60)61)33(23)69-34-24(32)8-10-27(44)36(34)78(62,63)64/h6-7,9,17,20,25,28-29,31,40,43,58,72-74H,2,4-5,8,10-16,18-19,44H2,(H,47,53)(H,48,54)(H,55,56)(H2,45,49,57)(H,59,60,61)(H,62,63,64)/t20?,25?,28?,29-,31-,40-/m1/s1. The van der Waals surface area contributed by atoms with Gasteiger partial charge >= 0.3 is 11.7 Å². The van der Waals surface area contributed by atoms with E-state index in [-0.39, 0.29) is 116 Å². The zero-order valence-corrected chi connectivity index (χ0v) is 46.5. The Morgan fingerprint density at radius 1 is 1.10 bits per heavy atom. The average Bonchev–Trinajstić information content (AvgIpc) is 3.77. The van der Waals surface area contributed by atoms with E-state index in [1.165, 1.54) is 39.9 Å². The van der Waals surface area contributed by atoms with Crippen LogP contribution >= 0.6 is 48.7 Å². The number of rotatable bonds is 27. The number of fused-ring (bicyclic) bond motifs is 2. The lowest BCUT2D eigenvalue weighted by molar-refractivity contribution is -0.133. The average molecular weight is 1230 g/mol. The van der Waals surface area contributed by atoms with Crippen molar-refractivity contribution in [2.24, 2.45) is 16.8 Å². The van der Waals surface area contributed by atoms with E-state index < -0.39 is 128 Å². The maximum Gasteiger partial charge on any atom is 0.351 e. The van der Waals surface area contributed by atoms with Gasteiger partial charge in [-0.05, 0) is 60.4 Å². The molecule has 3 heterocycles. The molecule has 78 heavy (non-hydrogen) atoms. The lowest BCUT2D eigenvalue weighted by Crippen LogP contribution is -2.35. The number of allylic oxidation sites excluding steroid dienone is 2. The number of carboxylic acids is 1. The molecular weight excluding hydrogens is 1180 g/mol. The number of ether oxygens (including phenoxy) is 3. The van der Waals surface area contributed by atoms with Gasteiger partial charge in [-0.1, -0.05) is 39.5 Å². The highest BCUT2D eigenvalue weighted by molar-refractivity contribution is 8.76. The van der Waals surface area contributed by atoms with Crippen molar-refractivity contribution in [2.75, 3.05) is 43.7 Å². The van der Waals surface area contributed by atoms with Gasteiger partial charge in [0.15, 0.2) is 48.4 Å². The number of aliphatic carboxylic acids is 1. The highest BCUT2D eigenvalue weighted by Crippen LogP contribution is 2.49. The largest absolute Gasteiger partial charge is 0.478 e. The molecule has 5 aliphatic rings. The molecule has 6 rings (SSSR count). The molecule has 0 saturated carbocycles. The highest BCUT2D eigenvalue weighted by Gasteiger charge is 2.42. The smallest absolute Gasteiger partial charge is 0.351 e. The van der Waals surface area contributed by atoms with Gasteiger partial charge in [-0.25, -0.2) is 14.0 Å². The molecule has 11 N–H and O–H groups in total. The number of hydrogen-bond acceptors (Lipinski definition) is 23. The number of azide groups is 1. The maximum atomic E-state index is 14.1. The Morgan fingerprint density at radius 3 is 2.60 bits per heavy atom. The predicted octanol–water partition coefficient (Wildman–Crippen LogP) is 3.44. The highest BCUT2D eigenvalue weighted by atomic mass is 33.1. The topological polar surface area (TPSA) is 453 Å². The number of nitrogens with one attached hydrogen (secondary N) is 3. The summed E-state index contributed by atoms with van der Waals surface area (Å²) in [7, 11) is -9.40. The third kappa shape index (κ3) is 16.6. The van der Waals surface area contributed by atoms with Crippen LogP contribution in [-0.2, 0) is 68.4 Å². The molecule has 1 aromatic rings. The van der Waals surface area contributed by atoms with Crippen molar-refractivity contribution >= 4 is 97.4 Å². The second-order valence-corrected chi connectivity index (χ2v) is 24.3. The molecule has 0 spiro atoms. The third-order valence-corrected chi connectivity index (χ3v) is 17.3. The summed E-state index contributed by atoms with van der Waals surface area (Å²) in [4.78, 5) is 64.5. The monoisotopic (exact) mass is 1230 g/mol. The quantitative estimate of drug-likeness (QED) is 0.00504. The molecule has 37 heteroatoms. The molecule has 1 saturated heterocycles. The maximum absolute atomic E-state index is 14.1. The fourth-order valence-corrected chi connectivity index (χ4v) is 12.9. The number of carbonyl (C=O) groups excluding carboxylic acids is 2. The summed E-state index contributed by atoms with van der Waals surface area (Å²) in [6.07, 6.45) is -0.339. The van der Waals surface area contributed by atoms with E-state index in [1.807, 2.05) is 0 Å². The van der Waals surface area contributed by atoms with Crippen molar-refractivity contribution in [2.45, 2.75) is 80.7 Å². The third-order valence-electron chi connectivity index (χ3n) is 11.7. The van der Waals surface area contributed by atoms with Crippen molar-refractivity contribution in [3.63, 3.8) is 0 Å². The molecule has 0 radical (unpaired) electrons. The van der Waals surface area contributed by atoms with Crippen molar-refractivity contribution in [1.29, 1.82) is 5.41 Å². The number of anilines is 1. The minimum Gasteiger partial charge on any atom is -0.478 e. The zero-order chi connectivity index (χ0) is 56.7. The number of nitrogens with two attached hydrogens (primary N) is 2. The molecule has 9 atom stereocenters. The molecule has 3 aliphatic carbocycles. The molecule has 0 bridgehead atoms. The van der Waals surface area contributed by atoms with Crippen molar-refractivity contribution in [3.05, 3.63) is 84.4 Å². The van der Waals surface area contributed by atoms with Crippen LogP contribution < -0.4 is 33.1 Å². The van der Waals surface area contributed by atoms with Crippen LogP contribution in [0, 0.1) is 23.2 Å². The van der Waals surface area contributed by atoms with Crippen LogP contribution in [0.25, 0.3) is 26.7 Å². The van der Waals surface area contributed by atoms with E-state index in [0.29, 0.717) is 12.2 Å². The summed E-state index contributed by atoms with van der Waals surface area (Å²) in [6.45, 7) is -2.20. The Morgan fingerprint density at radius 2 is 1.88 bits per heavy atom. The number of aromatic nitrogens is 2. The molecule has 2 amide bonds. The zero-order valence-electron chi connectivity index (χ0n) is 40.3. The molecule has 2 aliphatic heterocycles. The lowest BCUT2D eigenvalue weighted by Gasteiger charge is -2.33. The lowest BCUT2D eigenvalue weighted by atomic mass is 9.73. The first-order valence-electron chi connectivity index (χ1n) is 22.7. The molecule has 6 unspecified atom stereocenters. The van der Waals surface area contributed by atoms with E-state index in [0.717, 1.165) is 10.6 Å². The second kappa shape index (κ2) is 29.0. The number of alkyl halides is 1. The van der Waals surface area contributed by atoms with Gasteiger partial charge in [0.05, 0.1) is 30.2 Å². The molecule has 1 fully saturated rings. The minimum atomic E-state index is -5.20. The van der Waals surface area contributed by atoms with E-state index in [4.69, 9.17) is 54.8 Å². The van der Waals surface area contributed by atoms with Gasteiger partial charge in [-0.15, -0.1) is 0 Å². The second-order valence-electron chi connectivity index (χ2n) is 16.6. The van der Waals surface area contributed by atoms with Crippen molar-refractivity contribution in [1.82, 2.24) is 20.2 Å². The summed E-state index contributed by atoms with van der Waals surface area (Å²) in [6, 6.07) is 2.31. The van der Waals surface area contributed by atoms with Crippen LogP contribution in [0.3, 0.4) is 0 Å². The first-order valence-corrected chi connectivity index (χ1v) is 30.6. The summed E-state index contributed by atoms with van der Waals surface area (Å²) >= 11 is 0. The Hall–Kier alpha value is -4.87. The molecular formula is C41H50FN10O19P3S4. The number of nitrogen functional groups attached to an aromatic ring is 1. The molecule has 0 aromatic carbocycles. The van der Waals surface area contributed by atoms with E-state index in [2.05, 4.69) is 41.8 Å². The Kier molecular flexibility index (Phi) is 23.2. The van der Waals surface area contributed by atoms with Crippen molar-refractivity contribution < 1.29 is 86.5 Å². The SMILES string of the molecule is [N-]=[N+]=N[C@@H](F)OC1C[C@H](n2cc(C#CCNC(=O)CCCOCSSCCNC(=O)C3CC=C(C(=O)O)C(c4c5ccc(=N)c(S(=O)(=O)O)c-5oc5c4CCC(N)=C5S(=O)(=O)O)C3)c(N)nc2=O)O[C@@H]1COPOPOPO. The van der Waals surface area contributed by atoms with Crippen LogP contribution in [0.1, 0.15) is 73.1 Å². The Labute approximate surface area is 456 Å².